The van der Waals surface area contributed by atoms with Crippen LogP contribution in [0.2, 0.25) is 0 Å². The molecule has 0 bridgehead atoms. The lowest BCUT2D eigenvalue weighted by molar-refractivity contribution is -0.123. The van der Waals surface area contributed by atoms with E-state index in [0.29, 0.717) is 0 Å². The average molecular weight is 285 g/mol. The Balaban J connectivity index is 3.02. The predicted molar refractivity (Wildman–Crippen MR) is 69.0 cm³/mol. The lowest BCUT2D eigenvalue weighted by Crippen LogP contribution is -2.37. The van der Waals surface area contributed by atoms with Crippen molar-refractivity contribution in [1.82, 2.24) is 4.90 Å². The van der Waals surface area contributed by atoms with E-state index in [2.05, 4.69) is 15.9 Å². The molecule has 3 nitrogen and oxygen atoms in total. The summed E-state index contributed by atoms with van der Waals surface area (Å²) in [6.45, 7) is 5.66. The second-order valence-electron chi connectivity index (χ2n) is 3.58. The van der Waals surface area contributed by atoms with Crippen LogP contribution in [0.3, 0.4) is 0 Å². The largest absolute Gasteiger partial charge is 0.368 e. The van der Waals surface area contributed by atoms with Crippen molar-refractivity contribution >= 4 is 21.8 Å². The molecule has 16 heavy (non-hydrogen) atoms. The van der Waals surface area contributed by atoms with Gasteiger partial charge in [-0.25, -0.2) is 0 Å². The van der Waals surface area contributed by atoms with Crippen molar-refractivity contribution in [2.75, 3.05) is 13.1 Å². The van der Waals surface area contributed by atoms with Crippen LogP contribution < -0.4 is 5.73 Å². The van der Waals surface area contributed by atoms with Gasteiger partial charge in [0.05, 0.1) is 0 Å². The second kappa shape index (κ2) is 6.01. The highest BCUT2D eigenvalue weighted by atomic mass is 79.9. The molecule has 0 aromatic heterocycles. The Labute approximate surface area is 105 Å². The summed E-state index contributed by atoms with van der Waals surface area (Å²) in [5, 5.41) is 0. The summed E-state index contributed by atoms with van der Waals surface area (Å²) in [6, 6.07) is 7.38. The lowest BCUT2D eigenvalue weighted by Gasteiger charge is -2.27. The molecule has 1 amide bonds. The maximum atomic E-state index is 11.5. The first-order chi connectivity index (χ1) is 7.60. The van der Waals surface area contributed by atoms with Gasteiger partial charge in [-0.05, 0) is 30.8 Å². The van der Waals surface area contributed by atoms with Crippen LogP contribution in [0.1, 0.15) is 25.5 Å². The molecular weight excluding hydrogens is 268 g/mol. The van der Waals surface area contributed by atoms with E-state index < -0.39 is 0 Å². The number of likely N-dealkylation sites (N-methyl/N-ethyl adjacent to an activating group) is 1. The van der Waals surface area contributed by atoms with Gasteiger partial charge in [0.25, 0.3) is 0 Å². The van der Waals surface area contributed by atoms with Crippen molar-refractivity contribution in [2.24, 2.45) is 5.73 Å². The zero-order chi connectivity index (χ0) is 12.1. The molecule has 0 heterocycles. The summed E-state index contributed by atoms with van der Waals surface area (Å²) in [5.41, 5.74) is 6.41. The van der Waals surface area contributed by atoms with Gasteiger partial charge in [-0.1, -0.05) is 41.9 Å². The van der Waals surface area contributed by atoms with Crippen LogP contribution in [0.25, 0.3) is 0 Å². The summed E-state index contributed by atoms with van der Waals surface area (Å²) in [5.74, 6) is -0.300. The fraction of sp³-hybridized carbons (Fsp3) is 0.417. The molecule has 1 aromatic carbocycles. The first-order valence-corrected chi connectivity index (χ1v) is 6.18. The fourth-order valence-electron chi connectivity index (χ4n) is 1.79. The van der Waals surface area contributed by atoms with Gasteiger partial charge >= 0.3 is 0 Å². The van der Waals surface area contributed by atoms with Crippen LogP contribution in [-0.4, -0.2) is 23.9 Å². The number of amides is 1. The number of halogens is 1. The lowest BCUT2D eigenvalue weighted by atomic mass is 10.0. The fourth-order valence-corrected chi connectivity index (χ4v) is 2.05. The number of rotatable bonds is 5. The smallest absolute Gasteiger partial charge is 0.239 e. The van der Waals surface area contributed by atoms with E-state index >= 15 is 0 Å². The first-order valence-electron chi connectivity index (χ1n) is 5.39. The second-order valence-corrected chi connectivity index (χ2v) is 4.49. The molecule has 1 aromatic rings. The molecule has 2 N–H and O–H groups in total. The van der Waals surface area contributed by atoms with Crippen molar-refractivity contribution in [3.8, 4) is 0 Å². The SMILES string of the molecule is CCN(CC)C(C(N)=O)c1ccc(Br)cc1. The van der Waals surface area contributed by atoms with Crippen molar-refractivity contribution < 1.29 is 4.79 Å². The highest BCUT2D eigenvalue weighted by Crippen LogP contribution is 2.22. The van der Waals surface area contributed by atoms with E-state index in [0.717, 1.165) is 23.1 Å². The van der Waals surface area contributed by atoms with Gasteiger partial charge in [-0.3, -0.25) is 9.69 Å². The Morgan fingerprint density at radius 2 is 1.81 bits per heavy atom. The van der Waals surface area contributed by atoms with Gasteiger partial charge in [0.2, 0.25) is 5.91 Å². The number of hydrogen-bond acceptors (Lipinski definition) is 2. The molecule has 1 unspecified atom stereocenters. The normalized spacial score (nSPS) is 12.8. The number of carbonyl (C=O) groups excluding carboxylic acids is 1. The Morgan fingerprint density at radius 3 is 2.19 bits per heavy atom. The van der Waals surface area contributed by atoms with Crippen molar-refractivity contribution in [3.63, 3.8) is 0 Å². The quantitative estimate of drug-likeness (QED) is 0.902. The molecule has 0 aliphatic heterocycles. The molecule has 0 radical (unpaired) electrons. The number of carbonyl (C=O) groups is 1. The molecule has 0 spiro atoms. The van der Waals surface area contributed by atoms with Crippen LogP contribution in [0.4, 0.5) is 0 Å². The molecule has 0 saturated carbocycles. The molecule has 88 valence electrons. The van der Waals surface area contributed by atoms with E-state index in [1.165, 1.54) is 0 Å². The van der Waals surface area contributed by atoms with Crippen molar-refractivity contribution in [1.29, 1.82) is 0 Å². The Kier molecular flexibility index (Phi) is 4.96. The summed E-state index contributed by atoms with van der Waals surface area (Å²) in [7, 11) is 0. The van der Waals surface area contributed by atoms with Gasteiger partial charge in [0.1, 0.15) is 6.04 Å². The number of nitrogens with zero attached hydrogens (tertiary/aromatic N) is 1. The maximum Gasteiger partial charge on any atom is 0.239 e. The molecule has 1 atom stereocenters. The summed E-state index contributed by atoms with van der Waals surface area (Å²) < 4.78 is 0.999. The number of nitrogens with two attached hydrogens (primary N) is 1. The summed E-state index contributed by atoms with van der Waals surface area (Å²) >= 11 is 3.37. The maximum absolute atomic E-state index is 11.5. The van der Waals surface area contributed by atoms with Gasteiger partial charge in [0, 0.05) is 4.47 Å². The van der Waals surface area contributed by atoms with Crippen molar-refractivity contribution in [3.05, 3.63) is 34.3 Å². The Morgan fingerprint density at radius 1 is 1.31 bits per heavy atom. The number of primary amides is 1. The third kappa shape index (κ3) is 3.06. The van der Waals surface area contributed by atoms with Gasteiger partial charge in [-0.15, -0.1) is 0 Å². The Bertz CT molecular complexity index is 347. The van der Waals surface area contributed by atoms with Crippen LogP contribution in [0, 0.1) is 0 Å². The van der Waals surface area contributed by atoms with E-state index in [9.17, 15) is 4.79 Å². The van der Waals surface area contributed by atoms with E-state index in [4.69, 9.17) is 5.73 Å². The van der Waals surface area contributed by atoms with E-state index in [1.807, 2.05) is 43.0 Å². The highest BCUT2D eigenvalue weighted by molar-refractivity contribution is 9.10. The predicted octanol–water partition coefficient (Wildman–Crippen LogP) is 2.32. The van der Waals surface area contributed by atoms with Gasteiger partial charge in [-0.2, -0.15) is 0 Å². The minimum atomic E-state index is -0.330. The topological polar surface area (TPSA) is 46.3 Å². The summed E-state index contributed by atoms with van der Waals surface area (Å²) in [4.78, 5) is 13.6. The average Bonchev–Trinajstić information content (AvgIpc) is 2.27. The van der Waals surface area contributed by atoms with Crippen LogP contribution in [0.15, 0.2) is 28.7 Å². The van der Waals surface area contributed by atoms with Gasteiger partial charge in [0.15, 0.2) is 0 Å². The number of benzene rings is 1. The standard InChI is InChI=1S/C12H17BrN2O/c1-3-15(4-2)11(12(14)16)9-5-7-10(13)8-6-9/h5-8,11H,3-4H2,1-2H3,(H2,14,16). The third-order valence-electron chi connectivity index (χ3n) is 2.63. The highest BCUT2D eigenvalue weighted by Gasteiger charge is 2.23. The number of hydrogen-bond donors (Lipinski definition) is 1. The molecule has 1 rings (SSSR count). The van der Waals surface area contributed by atoms with Crippen LogP contribution in [-0.2, 0) is 4.79 Å². The molecule has 0 aliphatic carbocycles. The minimum Gasteiger partial charge on any atom is -0.368 e. The summed E-state index contributed by atoms with van der Waals surface area (Å²) in [6.07, 6.45) is 0. The zero-order valence-corrected chi connectivity index (χ0v) is 11.2. The van der Waals surface area contributed by atoms with E-state index in [-0.39, 0.29) is 11.9 Å². The molecular formula is C12H17BrN2O. The molecule has 0 saturated heterocycles. The zero-order valence-electron chi connectivity index (χ0n) is 9.61. The molecule has 0 aliphatic rings. The van der Waals surface area contributed by atoms with Crippen LogP contribution >= 0.6 is 15.9 Å². The monoisotopic (exact) mass is 284 g/mol. The van der Waals surface area contributed by atoms with Gasteiger partial charge < -0.3 is 5.73 Å². The van der Waals surface area contributed by atoms with Crippen LogP contribution in [0.5, 0.6) is 0 Å². The van der Waals surface area contributed by atoms with Crippen molar-refractivity contribution in [2.45, 2.75) is 19.9 Å². The minimum absolute atomic E-state index is 0.300. The third-order valence-corrected chi connectivity index (χ3v) is 3.16. The van der Waals surface area contributed by atoms with E-state index in [1.54, 1.807) is 0 Å². The Hall–Kier alpha value is -0.870. The molecule has 0 fully saturated rings. The molecule has 4 heteroatoms. The first kappa shape index (κ1) is 13.2.